The molecule has 0 amide bonds. The summed E-state index contributed by atoms with van der Waals surface area (Å²) < 4.78 is 1.96. The quantitative estimate of drug-likeness (QED) is 0.507. The van der Waals surface area contributed by atoms with Crippen LogP contribution in [0.15, 0.2) is 79.0 Å². The fourth-order valence-electron chi connectivity index (χ4n) is 2.80. The van der Waals surface area contributed by atoms with Gasteiger partial charge in [0.15, 0.2) is 0 Å². The van der Waals surface area contributed by atoms with Crippen LogP contribution in [0.1, 0.15) is 5.56 Å². The van der Waals surface area contributed by atoms with Crippen LogP contribution in [0.3, 0.4) is 0 Å². The van der Waals surface area contributed by atoms with E-state index in [-0.39, 0.29) is 0 Å². The van der Waals surface area contributed by atoms with Crippen molar-refractivity contribution in [1.29, 1.82) is 0 Å². The molecule has 0 unspecified atom stereocenters. The molecule has 22 heavy (non-hydrogen) atoms. The molecule has 0 saturated carbocycles. The van der Waals surface area contributed by atoms with Crippen molar-refractivity contribution in [3.05, 3.63) is 84.6 Å². The van der Waals surface area contributed by atoms with Gasteiger partial charge in [0.2, 0.25) is 0 Å². The van der Waals surface area contributed by atoms with Crippen molar-refractivity contribution in [2.24, 2.45) is 0 Å². The van der Waals surface area contributed by atoms with Crippen LogP contribution in [-0.4, -0.2) is 9.61 Å². The highest BCUT2D eigenvalue weighted by molar-refractivity contribution is 5.92. The zero-order valence-corrected chi connectivity index (χ0v) is 12.4. The summed E-state index contributed by atoms with van der Waals surface area (Å²) in [7, 11) is 0. The molecule has 0 N–H and O–H groups in total. The van der Waals surface area contributed by atoms with E-state index in [0.29, 0.717) is 0 Å². The van der Waals surface area contributed by atoms with E-state index in [4.69, 9.17) is 5.10 Å². The SMILES string of the molecule is Cc1ccc(-c2c(-c3ccccc3)nn3ccccc23)cc1. The van der Waals surface area contributed by atoms with Crippen LogP contribution in [0, 0.1) is 6.92 Å². The number of nitrogens with zero attached hydrogens (tertiary/aromatic N) is 2. The number of benzene rings is 2. The Morgan fingerprint density at radius 1 is 0.727 bits per heavy atom. The van der Waals surface area contributed by atoms with E-state index in [9.17, 15) is 0 Å². The Morgan fingerprint density at radius 2 is 1.45 bits per heavy atom. The smallest absolute Gasteiger partial charge is 0.101 e. The lowest BCUT2D eigenvalue weighted by Crippen LogP contribution is -1.84. The number of aryl methyl sites for hydroxylation is 1. The molecule has 0 spiro atoms. The summed E-state index contributed by atoms with van der Waals surface area (Å²) in [6.45, 7) is 2.11. The van der Waals surface area contributed by atoms with Gasteiger partial charge < -0.3 is 0 Å². The molecule has 2 aromatic carbocycles. The first-order chi connectivity index (χ1) is 10.8. The molecular formula is C20H16N2. The van der Waals surface area contributed by atoms with Crippen molar-refractivity contribution in [1.82, 2.24) is 9.61 Å². The van der Waals surface area contributed by atoms with Crippen LogP contribution >= 0.6 is 0 Å². The molecule has 0 aliphatic rings. The first kappa shape index (κ1) is 12.8. The fourth-order valence-corrected chi connectivity index (χ4v) is 2.80. The molecular weight excluding hydrogens is 268 g/mol. The van der Waals surface area contributed by atoms with E-state index in [0.717, 1.165) is 16.8 Å². The summed E-state index contributed by atoms with van der Waals surface area (Å²) in [4.78, 5) is 0. The molecule has 0 bridgehead atoms. The van der Waals surface area contributed by atoms with Gasteiger partial charge in [0, 0.05) is 17.3 Å². The van der Waals surface area contributed by atoms with Gasteiger partial charge in [-0.1, -0.05) is 66.2 Å². The number of hydrogen-bond donors (Lipinski definition) is 0. The van der Waals surface area contributed by atoms with Gasteiger partial charge in [0.25, 0.3) is 0 Å². The normalized spacial score (nSPS) is 11.0. The Kier molecular flexibility index (Phi) is 3.01. The highest BCUT2D eigenvalue weighted by atomic mass is 15.2. The summed E-state index contributed by atoms with van der Waals surface area (Å²) in [5.41, 5.74) is 6.95. The summed E-state index contributed by atoms with van der Waals surface area (Å²) in [5.74, 6) is 0. The second-order valence-corrected chi connectivity index (χ2v) is 5.49. The summed E-state index contributed by atoms with van der Waals surface area (Å²) >= 11 is 0. The molecule has 0 radical (unpaired) electrons. The number of rotatable bonds is 2. The van der Waals surface area contributed by atoms with Crippen LogP contribution in [0.5, 0.6) is 0 Å². The van der Waals surface area contributed by atoms with Crippen molar-refractivity contribution in [3.8, 4) is 22.4 Å². The van der Waals surface area contributed by atoms with Gasteiger partial charge >= 0.3 is 0 Å². The predicted octanol–water partition coefficient (Wildman–Crippen LogP) is 4.98. The third kappa shape index (κ3) is 2.09. The summed E-state index contributed by atoms with van der Waals surface area (Å²) in [5, 5.41) is 4.80. The molecule has 2 heterocycles. The van der Waals surface area contributed by atoms with Crippen LogP contribution in [-0.2, 0) is 0 Å². The second-order valence-electron chi connectivity index (χ2n) is 5.49. The van der Waals surface area contributed by atoms with Gasteiger partial charge in [-0.3, -0.25) is 0 Å². The van der Waals surface area contributed by atoms with Gasteiger partial charge in [-0.05, 0) is 24.6 Å². The Morgan fingerprint density at radius 3 is 2.23 bits per heavy atom. The molecule has 0 saturated heterocycles. The van der Waals surface area contributed by atoms with Crippen molar-refractivity contribution < 1.29 is 0 Å². The average molecular weight is 284 g/mol. The van der Waals surface area contributed by atoms with Gasteiger partial charge in [-0.2, -0.15) is 5.10 Å². The second kappa shape index (κ2) is 5.15. The third-order valence-electron chi connectivity index (χ3n) is 3.93. The molecule has 0 aliphatic carbocycles. The van der Waals surface area contributed by atoms with E-state index < -0.39 is 0 Å². The van der Waals surface area contributed by atoms with E-state index in [2.05, 4.69) is 67.6 Å². The van der Waals surface area contributed by atoms with E-state index in [1.54, 1.807) is 0 Å². The fraction of sp³-hybridized carbons (Fsp3) is 0.0500. The minimum Gasteiger partial charge on any atom is -0.240 e. The molecule has 2 heteroatoms. The molecule has 2 nitrogen and oxygen atoms in total. The van der Waals surface area contributed by atoms with Crippen LogP contribution in [0.25, 0.3) is 27.9 Å². The lowest BCUT2D eigenvalue weighted by molar-refractivity contribution is 0.966. The van der Waals surface area contributed by atoms with E-state index in [1.165, 1.54) is 16.7 Å². The van der Waals surface area contributed by atoms with Crippen molar-refractivity contribution >= 4 is 5.52 Å². The number of pyridine rings is 1. The van der Waals surface area contributed by atoms with Gasteiger partial charge in [-0.25, -0.2) is 4.52 Å². The summed E-state index contributed by atoms with van der Waals surface area (Å²) in [6.07, 6.45) is 2.00. The standard InChI is InChI=1S/C20H16N2/c1-15-10-12-16(13-11-15)19-18-9-5-6-14-22(18)21-20(19)17-7-3-2-4-8-17/h2-14H,1H3. The molecule has 4 aromatic rings. The maximum Gasteiger partial charge on any atom is 0.101 e. The van der Waals surface area contributed by atoms with E-state index in [1.807, 2.05) is 22.8 Å². The Bertz CT molecular complexity index is 919. The molecule has 0 aliphatic heterocycles. The zero-order valence-electron chi connectivity index (χ0n) is 12.4. The molecule has 0 atom stereocenters. The first-order valence-corrected chi connectivity index (χ1v) is 7.43. The van der Waals surface area contributed by atoms with Crippen LogP contribution in [0.2, 0.25) is 0 Å². The third-order valence-corrected chi connectivity index (χ3v) is 3.93. The largest absolute Gasteiger partial charge is 0.240 e. The van der Waals surface area contributed by atoms with Gasteiger partial charge in [0.1, 0.15) is 5.69 Å². The van der Waals surface area contributed by atoms with Crippen molar-refractivity contribution in [2.45, 2.75) is 6.92 Å². The molecule has 2 aromatic heterocycles. The van der Waals surface area contributed by atoms with Crippen LogP contribution < -0.4 is 0 Å². The highest BCUT2D eigenvalue weighted by Gasteiger charge is 2.15. The zero-order chi connectivity index (χ0) is 14.9. The van der Waals surface area contributed by atoms with Crippen molar-refractivity contribution in [3.63, 3.8) is 0 Å². The molecule has 106 valence electrons. The number of fused-ring (bicyclic) bond motifs is 1. The van der Waals surface area contributed by atoms with Gasteiger partial charge in [-0.15, -0.1) is 0 Å². The lowest BCUT2D eigenvalue weighted by atomic mass is 9.99. The molecule has 4 rings (SSSR count). The monoisotopic (exact) mass is 284 g/mol. The first-order valence-electron chi connectivity index (χ1n) is 7.43. The predicted molar refractivity (Wildman–Crippen MR) is 90.8 cm³/mol. The van der Waals surface area contributed by atoms with Crippen LogP contribution in [0.4, 0.5) is 0 Å². The number of hydrogen-bond acceptors (Lipinski definition) is 1. The molecule has 0 fully saturated rings. The van der Waals surface area contributed by atoms with Gasteiger partial charge in [0.05, 0.1) is 5.52 Å². The highest BCUT2D eigenvalue weighted by Crippen LogP contribution is 2.34. The summed E-state index contributed by atoms with van der Waals surface area (Å²) in [6, 6.07) is 25.2. The Labute approximate surface area is 129 Å². The van der Waals surface area contributed by atoms with Crippen molar-refractivity contribution in [2.75, 3.05) is 0 Å². The Balaban J connectivity index is 2.04. The lowest BCUT2D eigenvalue weighted by Gasteiger charge is -2.04. The average Bonchev–Trinajstić information content (AvgIpc) is 2.96. The van der Waals surface area contributed by atoms with E-state index >= 15 is 0 Å². The Hall–Kier alpha value is -2.87. The topological polar surface area (TPSA) is 17.3 Å². The maximum atomic E-state index is 4.80. The maximum absolute atomic E-state index is 4.80. The minimum absolute atomic E-state index is 1.02. The minimum atomic E-state index is 1.02. The number of aromatic nitrogens is 2.